The van der Waals surface area contributed by atoms with Crippen molar-refractivity contribution in [3.05, 3.63) is 66.7 Å². The predicted octanol–water partition coefficient (Wildman–Crippen LogP) is 3.21. The normalized spacial score (nSPS) is 20.7. The molecule has 0 spiro atoms. The summed E-state index contributed by atoms with van der Waals surface area (Å²) in [7, 11) is -2.50. The Bertz CT molecular complexity index is 1390. The zero-order valence-corrected chi connectivity index (χ0v) is 20.1. The molecule has 3 aromatic carbocycles. The molecule has 1 amide bonds. The minimum absolute atomic E-state index is 0.0104. The number of rotatable bonds is 4. The van der Waals surface area contributed by atoms with Crippen LogP contribution in [-0.4, -0.2) is 57.4 Å². The third-order valence-electron chi connectivity index (χ3n) is 6.60. The average molecular weight is 495 g/mol. The van der Waals surface area contributed by atoms with Crippen LogP contribution in [-0.2, 0) is 24.3 Å². The quantitative estimate of drug-likeness (QED) is 0.517. The van der Waals surface area contributed by atoms with Crippen LogP contribution in [0, 0.1) is 5.92 Å². The van der Waals surface area contributed by atoms with Crippen molar-refractivity contribution >= 4 is 38.4 Å². The molecule has 1 saturated heterocycles. The number of carbonyl (C=O) groups is 2. The number of methoxy groups -OCH3 is 1. The Morgan fingerprint density at radius 3 is 2.51 bits per heavy atom. The Kier molecular flexibility index (Phi) is 6.21. The molecule has 0 saturated carbocycles. The van der Waals surface area contributed by atoms with E-state index in [1.807, 2.05) is 24.3 Å². The molecular formula is C26H26N2O6S. The van der Waals surface area contributed by atoms with E-state index in [1.165, 1.54) is 16.3 Å². The van der Waals surface area contributed by atoms with Crippen LogP contribution in [0.2, 0.25) is 0 Å². The first-order valence-corrected chi connectivity index (χ1v) is 13.0. The Hall–Kier alpha value is -3.43. The standard InChI is InChI=1S/C26H26N2O6S/c1-33-26(30)24-17-28(22-10-4-5-11-23(22)34-24)25(29)20-9-6-14-27(16-20)35(31,32)21-13-12-18-7-2-3-8-19(18)15-21/h2-5,7-8,10-13,15,20,24H,6,9,14,16-17H2,1H3. The van der Waals surface area contributed by atoms with E-state index in [0.29, 0.717) is 30.8 Å². The molecular weight excluding hydrogens is 468 g/mol. The number of esters is 1. The maximum Gasteiger partial charge on any atom is 0.348 e. The lowest BCUT2D eigenvalue weighted by molar-refractivity contribution is -0.148. The van der Waals surface area contributed by atoms with E-state index in [-0.39, 0.29) is 23.9 Å². The molecule has 0 aromatic heterocycles. The number of sulfonamides is 1. The molecule has 1 fully saturated rings. The molecule has 2 unspecified atom stereocenters. The number of benzene rings is 3. The molecule has 9 heteroatoms. The number of amides is 1. The summed E-state index contributed by atoms with van der Waals surface area (Å²) >= 11 is 0. The van der Waals surface area contributed by atoms with Gasteiger partial charge >= 0.3 is 5.97 Å². The molecule has 5 rings (SSSR count). The lowest BCUT2D eigenvalue weighted by Gasteiger charge is -2.38. The third kappa shape index (κ3) is 4.37. The number of ether oxygens (including phenoxy) is 2. The summed E-state index contributed by atoms with van der Waals surface area (Å²) in [5.41, 5.74) is 0.562. The van der Waals surface area contributed by atoms with E-state index >= 15 is 0 Å². The molecule has 2 aliphatic rings. The molecule has 0 bridgehead atoms. The smallest absolute Gasteiger partial charge is 0.348 e. The highest BCUT2D eigenvalue weighted by Crippen LogP contribution is 2.36. The van der Waals surface area contributed by atoms with Crippen molar-refractivity contribution in [3.8, 4) is 5.75 Å². The van der Waals surface area contributed by atoms with Gasteiger partial charge in [0.05, 0.1) is 30.2 Å². The van der Waals surface area contributed by atoms with E-state index in [1.54, 1.807) is 42.5 Å². The highest BCUT2D eigenvalue weighted by atomic mass is 32.2. The molecule has 0 aliphatic carbocycles. The topological polar surface area (TPSA) is 93.2 Å². The summed E-state index contributed by atoms with van der Waals surface area (Å²) in [6.45, 7) is 0.441. The molecule has 8 nitrogen and oxygen atoms in total. The van der Waals surface area contributed by atoms with Crippen molar-refractivity contribution in [1.29, 1.82) is 0 Å². The maximum atomic E-state index is 13.7. The van der Waals surface area contributed by atoms with Crippen molar-refractivity contribution in [2.75, 3.05) is 31.6 Å². The lowest BCUT2D eigenvalue weighted by atomic mass is 9.97. The van der Waals surface area contributed by atoms with Crippen LogP contribution < -0.4 is 9.64 Å². The van der Waals surface area contributed by atoms with Gasteiger partial charge in [-0.05, 0) is 47.9 Å². The van der Waals surface area contributed by atoms with Gasteiger partial charge in [-0.2, -0.15) is 4.31 Å². The SMILES string of the molecule is COC(=O)C1CN(C(=O)C2CCCN(S(=O)(=O)c3ccc4ccccc4c3)C2)c2ccccc2O1. The highest BCUT2D eigenvalue weighted by Gasteiger charge is 2.40. The Balaban J connectivity index is 1.40. The van der Waals surface area contributed by atoms with Crippen LogP contribution in [0.1, 0.15) is 12.8 Å². The van der Waals surface area contributed by atoms with E-state index in [0.717, 1.165) is 10.8 Å². The van der Waals surface area contributed by atoms with Crippen molar-refractivity contribution in [1.82, 2.24) is 4.31 Å². The number of fused-ring (bicyclic) bond motifs is 2. The summed E-state index contributed by atoms with van der Waals surface area (Å²) in [5, 5.41) is 1.81. The van der Waals surface area contributed by atoms with Crippen LogP contribution in [0.4, 0.5) is 5.69 Å². The second-order valence-corrected chi connectivity index (χ2v) is 10.7. The highest BCUT2D eigenvalue weighted by molar-refractivity contribution is 7.89. The monoisotopic (exact) mass is 494 g/mol. The van der Waals surface area contributed by atoms with Gasteiger partial charge in [-0.1, -0.05) is 42.5 Å². The van der Waals surface area contributed by atoms with Crippen LogP contribution in [0.5, 0.6) is 5.75 Å². The van der Waals surface area contributed by atoms with E-state index < -0.39 is 28.0 Å². The number of anilines is 1. The molecule has 0 N–H and O–H groups in total. The first kappa shape index (κ1) is 23.3. The average Bonchev–Trinajstić information content (AvgIpc) is 2.91. The fourth-order valence-corrected chi connectivity index (χ4v) is 6.32. The summed E-state index contributed by atoms with van der Waals surface area (Å²) < 4.78 is 38.9. The van der Waals surface area contributed by atoms with Gasteiger partial charge < -0.3 is 14.4 Å². The fraction of sp³-hybridized carbons (Fsp3) is 0.308. The van der Waals surface area contributed by atoms with Crippen molar-refractivity contribution in [2.24, 2.45) is 5.92 Å². The first-order valence-electron chi connectivity index (χ1n) is 11.5. The van der Waals surface area contributed by atoms with Gasteiger partial charge in [0.2, 0.25) is 22.0 Å². The van der Waals surface area contributed by atoms with Crippen LogP contribution >= 0.6 is 0 Å². The zero-order valence-electron chi connectivity index (χ0n) is 19.3. The second kappa shape index (κ2) is 9.31. The summed E-state index contributed by atoms with van der Waals surface area (Å²) in [6.07, 6.45) is 0.181. The molecule has 0 radical (unpaired) electrons. The predicted molar refractivity (Wildman–Crippen MR) is 131 cm³/mol. The number of carbonyl (C=O) groups excluding carboxylic acids is 2. The van der Waals surface area contributed by atoms with Crippen LogP contribution in [0.15, 0.2) is 71.6 Å². The van der Waals surface area contributed by atoms with Gasteiger partial charge in [0.15, 0.2) is 0 Å². The molecule has 2 aliphatic heterocycles. The van der Waals surface area contributed by atoms with Gasteiger partial charge in [0.25, 0.3) is 0 Å². The number of piperidine rings is 1. The van der Waals surface area contributed by atoms with E-state index in [9.17, 15) is 18.0 Å². The second-order valence-electron chi connectivity index (χ2n) is 8.76. The summed E-state index contributed by atoms with van der Waals surface area (Å²) in [5.74, 6) is -0.920. The molecule has 35 heavy (non-hydrogen) atoms. The van der Waals surface area contributed by atoms with E-state index in [4.69, 9.17) is 9.47 Å². The van der Waals surface area contributed by atoms with Crippen LogP contribution in [0.25, 0.3) is 10.8 Å². The Labute approximate surface area is 204 Å². The molecule has 2 heterocycles. The summed E-state index contributed by atoms with van der Waals surface area (Å²) in [6, 6.07) is 19.7. The number of hydrogen-bond acceptors (Lipinski definition) is 6. The van der Waals surface area contributed by atoms with Gasteiger partial charge in [-0.25, -0.2) is 13.2 Å². The number of hydrogen-bond donors (Lipinski definition) is 0. The first-order chi connectivity index (χ1) is 16.9. The lowest BCUT2D eigenvalue weighted by Crippen LogP contribution is -2.52. The number of nitrogens with zero attached hydrogens (tertiary/aromatic N) is 2. The van der Waals surface area contributed by atoms with Crippen molar-refractivity contribution < 1.29 is 27.5 Å². The maximum absolute atomic E-state index is 13.7. The Morgan fingerprint density at radius 1 is 0.971 bits per heavy atom. The third-order valence-corrected chi connectivity index (χ3v) is 8.46. The fourth-order valence-electron chi connectivity index (χ4n) is 4.76. The largest absolute Gasteiger partial charge is 0.475 e. The van der Waals surface area contributed by atoms with Crippen LogP contribution in [0.3, 0.4) is 0 Å². The summed E-state index contributed by atoms with van der Waals surface area (Å²) in [4.78, 5) is 27.6. The molecule has 182 valence electrons. The van der Waals surface area contributed by atoms with E-state index in [2.05, 4.69) is 0 Å². The Morgan fingerprint density at radius 2 is 1.71 bits per heavy atom. The molecule has 3 aromatic rings. The minimum atomic E-state index is -3.78. The van der Waals surface area contributed by atoms with Gasteiger partial charge in [0, 0.05) is 13.1 Å². The number of para-hydroxylation sites is 2. The zero-order chi connectivity index (χ0) is 24.6. The van der Waals surface area contributed by atoms with Gasteiger partial charge in [-0.3, -0.25) is 4.79 Å². The minimum Gasteiger partial charge on any atom is -0.475 e. The van der Waals surface area contributed by atoms with Gasteiger partial charge in [0.1, 0.15) is 5.75 Å². The van der Waals surface area contributed by atoms with Crippen molar-refractivity contribution in [3.63, 3.8) is 0 Å². The molecule has 2 atom stereocenters. The van der Waals surface area contributed by atoms with Gasteiger partial charge in [-0.15, -0.1) is 0 Å². The van der Waals surface area contributed by atoms with Crippen molar-refractivity contribution in [2.45, 2.75) is 23.8 Å².